The van der Waals surface area contributed by atoms with Crippen LogP contribution in [0.5, 0.6) is 11.5 Å². The van der Waals surface area contributed by atoms with Crippen molar-refractivity contribution >= 4 is 17.4 Å². The van der Waals surface area contributed by atoms with Gasteiger partial charge in [-0.15, -0.1) is 0 Å². The van der Waals surface area contributed by atoms with Gasteiger partial charge in [0.1, 0.15) is 0 Å². The highest BCUT2D eigenvalue weighted by Gasteiger charge is 2.09. The highest BCUT2D eigenvalue weighted by Crippen LogP contribution is 2.25. The van der Waals surface area contributed by atoms with Crippen molar-refractivity contribution in [3.63, 3.8) is 0 Å². The Morgan fingerprint density at radius 2 is 1.68 bits per heavy atom. The van der Waals surface area contributed by atoms with Crippen LogP contribution < -0.4 is 9.47 Å². The van der Waals surface area contributed by atoms with E-state index in [9.17, 15) is 4.79 Å². The minimum Gasteiger partial charge on any atom is -0.493 e. The molecule has 0 fully saturated rings. The summed E-state index contributed by atoms with van der Waals surface area (Å²) in [5, 5.41) is 0.599. The molecule has 0 unspecified atom stereocenters. The lowest BCUT2D eigenvalue weighted by Crippen LogP contribution is -2.11. The average Bonchev–Trinajstić information content (AvgIpc) is 2.45. The molecule has 0 heterocycles. The van der Waals surface area contributed by atoms with Crippen molar-refractivity contribution in [2.45, 2.75) is 0 Å². The molecule has 0 saturated carbocycles. The second-order valence-electron chi connectivity index (χ2n) is 3.87. The fourth-order valence-corrected chi connectivity index (χ4v) is 1.73. The van der Waals surface area contributed by atoms with Gasteiger partial charge in [0.05, 0.1) is 7.11 Å². The van der Waals surface area contributed by atoms with Gasteiger partial charge in [-0.2, -0.15) is 0 Å². The predicted octanol–water partition coefficient (Wildman–Crippen LogP) is 3.61. The zero-order valence-electron chi connectivity index (χ0n) is 10.4. The highest BCUT2D eigenvalue weighted by atomic mass is 35.5. The second-order valence-corrected chi connectivity index (χ2v) is 4.31. The molecule has 0 aliphatic rings. The third kappa shape index (κ3) is 3.48. The summed E-state index contributed by atoms with van der Waals surface area (Å²) in [5.41, 5.74) is 0.569. The van der Waals surface area contributed by atoms with Crippen LogP contribution in [0.15, 0.2) is 48.5 Å². The normalized spacial score (nSPS) is 10.0. The number of para-hydroxylation sites is 2. The third-order valence-corrected chi connectivity index (χ3v) is 2.85. The van der Waals surface area contributed by atoms with Crippen molar-refractivity contribution in [3.05, 3.63) is 59.1 Å². The largest absolute Gasteiger partial charge is 0.493 e. The van der Waals surface area contributed by atoms with E-state index in [0.717, 1.165) is 0 Å². The van der Waals surface area contributed by atoms with Gasteiger partial charge in [0.15, 0.2) is 23.9 Å². The van der Waals surface area contributed by atoms with Crippen LogP contribution in [0.2, 0.25) is 5.02 Å². The summed E-state index contributed by atoms with van der Waals surface area (Å²) in [5.74, 6) is 1.04. The van der Waals surface area contributed by atoms with Gasteiger partial charge in [-0.1, -0.05) is 23.7 Å². The number of benzene rings is 2. The zero-order chi connectivity index (χ0) is 13.7. The Labute approximate surface area is 116 Å². The Morgan fingerprint density at radius 1 is 1.05 bits per heavy atom. The van der Waals surface area contributed by atoms with Gasteiger partial charge in [-0.25, -0.2) is 0 Å². The number of carbonyl (C=O) groups is 1. The van der Waals surface area contributed by atoms with E-state index in [2.05, 4.69) is 0 Å². The van der Waals surface area contributed by atoms with Crippen LogP contribution in [-0.2, 0) is 0 Å². The number of halogens is 1. The van der Waals surface area contributed by atoms with E-state index in [4.69, 9.17) is 21.1 Å². The fraction of sp³-hybridized carbons (Fsp3) is 0.133. The van der Waals surface area contributed by atoms with Crippen LogP contribution in [0.3, 0.4) is 0 Å². The first-order chi connectivity index (χ1) is 9.20. The Morgan fingerprint density at radius 3 is 2.32 bits per heavy atom. The summed E-state index contributed by atoms with van der Waals surface area (Å²) < 4.78 is 10.6. The standard InChI is InChI=1S/C15H13ClO3/c1-18-14-4-2-3-5-15(14)19-10-13(17)11-6-8-12(16)9-7-11/h2-9H,10H2,1H3. The number of Topliss-reactive ketones (excluding diaryl/α,β-unsaturated/α-hetero) is 1. The molecule has 3 nitrogen and oxygen atoms in total. The Bertz CT molecular complexity index is 564. The molecule has 2 aromatic carbocycles. The van der Waals surface area contributed by atoms with E-state index >= 15 is 0 Å². The molecular weight excluding hydrogens is 264 g/mol. The first-order valence-electron chi connectivity index (χ1n) is 5.75. The zero-order valence-corrected chi connectivity index (χ0v) is 11.2. The fourth-order valence-electron chi connectivity index (χ4n) is 1.60. The van der Waals surface area contributed by atoms with Gasteiger partial charge >= 0.3 is 0 Å². The molecule has 0 aromatic heterocycles. The number of hydrogen-bond acceptors (Lipinski definition) is 3. The number of methoxy groups -OCH3 is 1. The van der Waals surface area contributed by atoms with Gasteiger partial charge in [0, 0.05) is 10.6 Å². The monoisotopic (exact) mass is 276 g/mol. The molecule has 19 heavy (non-hydrogen) atoms. The molecule has 0 N–H and O–H groups in total. The summed E-state index contributed by atoms with van der Waals surface area (Å²) in [6.45, 7) is -0.0397. The van der Waals surface area contributed by atoms with Crippen LogP contribution in [0, 0.1) is 0 Å². The SMILES string of the molecule is COc1ccccc1OCC(=O)c1ccc(Cl)cc1. The number of carbonyl (C=O) groups excluding carboxylic acids is 1. The van der Waals surface area contributed by atoms with Crippen molar-refractivity contribution in [1.29, 1.82) is 0 Å². The van der Waals surface area contributed by atoms with Crippen molar-refractivity contribution in [3.8, 4) is 11.5 Å². The van der Waals surface area contributed by atoms with E-state index in [0.29, 0.717) is 22.1 Å². The van der Waals surface area contributed by atoms with Crippen LogP contribution in [0.4, 0.5) is 0 Å². The molecule has 0 bridgehead atoms. The number of ether oxygens (including phenoxy) is 2. The topological polar surface area (TPSA) is 35.5 Å². The number of rotatable bonds is 5. The van der Waals surface area contributed by atoms with E-state index < -0.39 is 0 Å². The molecule has 98 valence electrons. The van der Waals surface area contributed by atoms with Crippen LogP contribution in [0.25, 0.3) is 0 Å². The molecule has 0 amide bonds. The van der Waals surface area contributed by atoms with E-state index in [1.165, 1.54) is 0 Å². The lowest BCUT2D eigenvalue weighted by atomic mass is 10.1. The molecule has 0 spiro atoms. The lowest BCUT2D eigenvalue weighted by Gasteiger charge is -2.09. The molecule has 2 aromatic rings. The Kier molecular flexibility index (Phi) is 4.42. The number of ketones is 1. The summed E-state index contributed by atoms with van der Waals surface area (Å²) in [6.07, 6.45) is 0. The van der Waals surface area contributed by atoms with Crippen LogP contribution in [0.1, 0.15) is 10.4 Å². The molecule has 2 rings (SSSR count). The summed E-state index contributed by atoms with van der Waals surface area (Å²) in [4.78, 5) is 11.9. The maximum Gasteiger partial charge on any atom is 0.200 e. The van der Waals surface area contributed by atoms with Crippen LogP contribution >= 0.6 is 11.6 Å². The summed E-state index contributed by atoms with van der Waals surface area (Å²) in [6, 6.07) is 13.9. The van der Waals surface area contributed by atoms with E-state index in [1.54, 1.807) is 43.5 Å². The predicted molar refractivity (Wildman–Crippen MR) is 74.3 cm³/mol. The highest BCUT2D eigenvalue weighted by molar-refractivity contribution is 6.30. The maximum atomic E-state index is 11.9. The average molecular weight is 277 g/mol. The first kappa shape index (κ1) is 13.4. The smallest absolute Gasteiger partial charge is 0.200 e. The van der Waals surface area contributed by atoms with Gasteiger partial charge in [-0.05, 0) is 36.4 Å². The van der Waals surface area contributed by atoms with Crippen molar-refractivity contribution in [2.24, 2.45) is 0 Å². The third-order valence-electron chi connectivity index (χ3n) is 2.59. The summed E-state index contributed by atoms with van der Waals surface area (Å²) >= 11 is 5.77. The quantitative estimate of drug-likeness (QED) is 0.783. The maximum absolute atomic E-state index is 11.9. The first-order valence-corrected chi connectivity index (χ1v) is 6.13. The van der Waals surface area contributed by atoms with Crippen molar-refractivity contribution in [1.82, 2.24) is 0 Å². The van der Waals surface area contributed by atoms with Gasteiger partial charge < -0.3 is 9.47 Å². The Balaban J connectivity index is 2.02. The molecule has 0 aliphatic heterocycles. The summed E-state index contributed by atoms with van der Waals surface area (Å²) in [7, 11) is 1.56. The molecule has 0 atom stereocenters. The minimum atomic E-state index is -0.109. The van der Waals surface area contributed by atoms with Crippen molar-refractivity contribution < 1.29 is 14.3 Å². The van der Waals surface area contributed by atoms with E-state index in [-0.39, 0.29) is 12.4 Å². The molecule has 0 aliphatic carbocycles. The van der Waals surface area contributed by atoms with Gasteiger partial charge in [0.2, 0.25) is 0 Å². The Hall–Kier alpha value is -2.00. The van der Waals surface area contributed by atoms with Gasteiger partial charge in [-0.3, -0.25) is 4.79 Å². The van der Waals surface area contributed by atoms with E-state index in [1.807, 2.05) is 12.1 Å². The minimum absolute atomic E-state index is 0.0397. The van der Waals surface area contributed by atoms with Crippen LogP contribution in [-0.4, -0.2) is 19.5 Å². The van der Waals surface area contributed by atoms with Crippen molar-refractivity contribution in [2.75, 3.05) is 13.7 Å². The molecule has 0 radical (unpaired) electrons. The number of hydrogen-bond donors (Lipinski definition) is 0. The molecule has 0 saturated heterocycles. The lowest BCUT2D eigenvalue weighted by molar-refractivity contribution is 0.0919. The van der Waals surface area contributed by atoms with Gasteiger partial charge in [0.25, 0.3) is 0 Å². The second kappa shape index (κ2) is 6.25. The molecular formula is C15H13ClO3. The molecule has 4 heteroatoms.